The Balaban J connectivity index is 2.42. The minimum absolute atomic E-state index is 0.0409. The molecule has 0 aliphatic heterocycles. The maximum atomic E-state index is 12.6. The van der Waals surface area contributed by atoms with Crippen LogP contribution in [0.15, 0.2) is 45.9 Å². The van der Waals surface area contributed by atoms with Crippen molar-refractivity contribution in [2.45, 2.75) is 18.7 Å². The summed E-state index contributed by atoms with van der Waals surface area (Å²) in [5.74, 6) is 0.395. The van der Waals surface area contributed by atoms with Gasteiger partial charge in [-0.25, -0.2) is 13.4 Å². The van der Waals surface area contributed by atoms with E-state index in [1.54, 1.807) is 18.2 Å². The minimum Gasteiger partial charge on any atom is -0.277 e. The Morgan fingerprint density at radius 1 is 1.33 bits per heavy atom. The highest BCUT2D eigenvalue weighted by molar-refractivity contribution is 9.10. The Kier molecular flexibility index (Phi) is 5.88. The molecule has 0 atom stereocenters. The lowest BCUT2D eigenvalue weighted by Gasteiger charge is -2.26. The first-order chi connectivity index (χ1) is 11.3. The number of nitrogens with zero attached hydrogens (tertiary/aromatic N) is 4. The molecule has 1 heterocycles. The normalized spacial score (nSPS) is 11.3. The number of nitrogens with one attached hydrogen (secondary N) is 1. The summed E-state index contributed by atoms with van der Waals surface area (Å²) in [4.78, 5) is 10.6. The molecule has 7 nitrogen and oxygen atoms in total. The maximum Gasteiger partial charge on any atom is 0.257 e. The van der Waals surface area contributed by atoms with E-state index in [0.717, 1.165) is 0 Å². The molecule has 0 unspecified atom stereocenters. The molecular weight excluding hydrogens is 394 g/mol. The van der Waals surface area contributed by atoms with Crippen LogP contribution in [0.2, 0.25) is 0 Å². The predicted molar refractivity (Wildman–Crippen MR) is 93.4 cm³/mol. The fraction of sp³-hybridized carbons (Fsp3) is 0.267. The molecule has 0 bridgehead atoms. The van der Waals surface area contributed by atoms with Crippen LogP contribution in [-0.2, 0) is 10.0 Å². The van der Waals surface area contributed by atoms with Crippen LogP contribution in [0.5, 0.6) is 0 Å². The second-order valence-corrected chi connectivity index (χ2v) is 7.90. The van der Waals surface area contributed by atoms with Gasteiger partial charge in [-0.15, -0.1) is 4.83 Å². The smallest absolute Gasteiger partial charge is 0.257 e. The quantitative estimate of drug-likeness (QED) is 0.735. The van der Waals surface area contributed by atoms with Crippen molar-refractivity contribution in [3.05, 3.63) is 46.8 Å². The van der Waals surface area contributed by atoms with Gasteiger partial charge in [0.15, 0.2) is 5.82 Å². The van der Waals surface area contributed by atoms with Gasteiger partial charge in [-0.3, -0.25) is 5.01 Å². The summed E-state index contributed by atoms with van der Waals surface area (Å²) in [5, 5.41) is 10.4. The molecule has 0 fully saturated rings. The van der Waals surface area contributed by atoms with Crippen LogP contribution in [0.25, 0.3) is 0 Å². The Labute approximate surface area is 149 Å². The zero-order valence-corrected chi connectivity index (χ0v) is 15.5. The van der Waals surface area contributed by atoms with Crippen LogP contribution in [0.3, 0.4) is 0 Å². The largest absolute Gasteiger partial charge is 0.277 e. The topological polar surface area (TPSA) is 99.0 Å². The third-order valence-electron chi connectivity index (χ3n) is 2.91. The SMILES string of the molecule is CC(C)CN(NS(=O)(=O)c1ccccc1)c1nc(C#N)ncc1Br. The van der Waals surface area contributed by atoms with E-state index in [1.807, 2.05) is 19.9 Å². The van der Waals surface area contributed by atoms with Crippen molar-refractivity contribution in [3.8, 4) is 6.07 Å². The molecule has 1 aromatic heterocycles. The van der Waals surface area contributed by atoms with Gasteiger partial charge in [0.2, 0.25) is 5.82 Å². The number of hydrogen-bond acceptors (Lipinski definition) is 6. The lowest BCUT2D eigenvalue weighted by molar-refractivity contribution is 0.551. The molecule has 126 valence electrons. The first-order valence-corrected chi connectivity index (χ1v) is 9.39. The number of hydrogen-bond donors (Lipinski definition) is 1. The number of anilines is 1. The van der Waals surface area contributed by atoms with Crippen molar-refractivity contribution in [1.82, 2.24) is 14.8 Å². The number of rotatable bonds is 6. The van der Waals surface area contributed by atoms with Gasteiger partial charge in [0, 0.05) is 12.7 Å². The third kappa shape index (κ3) is 4.50. The van der Waals surface area contributed by atoms with E-state index < -0.39 is 10.0 Å². The standard InChI is InChI=1S/C15H16BrN5O2S/c1-11(2)10-21(15-13(16)9-18-14(8-17)19-15)20-24(22,23)12-6-4-3-5-7-12/h3-7,9,11,20H,10H2,1-2H3. The van der Waals surface area contributed by atoms with E-state index in [9.17, 15) is 8.42 Å². The summed E-state index contributed by atoms with van der Waals surface area (Å²) in [6.07, 6.45) is 1.42. The van der Waals surface area contributed by atoms with Gasteiger partial charge in [0.1, 0.15) is 6.07 Å². The van der Waals surface area contributed by atoms with E-state index >= 15 is 0 Å². The molecule has 24 heavy (non-hydrogen) atoms. The molecule has 0 saturated carbocycles. The van der Waals surface area contributed by atoms with Gasteiger partial charge in [-0.05, 0) is 34.0 Å². The van der Waals surface area contributed by atoms with E-state index in [2.05, 4.69) is 30.7 Å². The van der Waals surface area contributed by atoms with Crippen LogP contribution >= 0.6 is 15.9 Å². The average Bonchev–Trinajstić information content (AvgIpc) is 2.55. The summed E-state index contributed by atoms with van der Waals surface area (Å²) in [7, 11) is -3.78. The van der Waals surface area contributed by atoms with Crippen LogP contribution in [-0.4, -0.2) is 24.9 Å². The minimum atomic E-state index is -3.78. The highest BCUT2D eigenvalue weighted by atomic mass is 79.9. The summed E-state index contributed by atoms with van der Waals surface area (Å²) >= 11 is 3.30. The third-order valence-corrected chi connectivity index (χ3v) is 4.83. The van der Waals surface area contributed by atoms with Gasteiger partial charge in [-0.1, -0.05) is 32.0 Å². The highest BCUT2D eigenvalue weighted by Crippen LogP contribution is 2.23. The predicted octanol–water partition coefficient (Wildman–Crippen LogP) is 2.47. The van der Waals surface area contributed by atoms with Gasteiger partial charge in [-0.2, -0.15) is 10.2 Å². The first-order valence-electron chi connectivity index (χ1n) is 7.11. The van der Waals surface area contributed by atoms with Crippen LogP contribution in [0.4, 0.5) is 5.82 Å². The maximum absolute atomic E-state index is 12.6. The molecule has 0 saturated heterocycles. The molecule has 0 amide bonds. The number of benzene rings is 1. The summed E-state index contributed by atoms with van der Waals surface area (Å²) in [6.45, 7) is 4.26. The molecule has 1 aromatic carbocycles. The second-order valence-electron chi connectivity index (χ2n) is 5.39. The van der Waals surface area contributed by atoms with E-state index in [0.29, 0.717) is 11.0 Å². The van der Waals surface area contributed by atoms with Gasteiger partial charge in [0.25, 0.3) is 10.0 Å². The van der Waals surface area contributed by atoms with Crippen LogP contribution < -0.4 is 9.84 Å². The first kappa shape index (κ1) is 18.3. The zero-order valence-electron chi connectivity index (χ0n) is 13.1. The zero-order chi connectivity index (χ0) is 17.7. The Hall–Kier alpha value is -2.02. The Morgan fingerprint density at radius 2 is 2.00 bits per heavy atom. The number of aromatic nitrogens is 2. The Bertz CT molecular complexity index is 850. The van der Waals surface area contributed by atoms with E-state index in [1.165, 1.54) is 23.3 Å². The fourth-order valence-electron chi connectivity index (χ4n) is 1.93. The van der Waals surface area contributed by atoms with Gasteiger partial charge >= 0.3 is 0 Å². The number of hydrazine groups is 1. The summed E-state index contributed by atoms with van der Waals surface area (Å²) in [5.41, 5.74) is 0. The lowest BCUT2D eigenvalue weighted by atomic mass is 10.2. The summed E-state index contributed by atoms with van der Waals surface area (Å²) < 4.78 is 25.7. The molecule has 0 radical (unpaired) electrons. The fourth-order valence-corrected chi connectivity index (χ4v) is 3.41. The number of sulfonamides is 1. The molecule has 2 aromatic rings. The molecule has 0 spiro atoms. The average molecular weight is 410 g/mol. The van der Waals surface area contributed by atoms with Crippen molar-refractivity contribution < 1.29 is 8.42 Å². The molecule has 1 N–H and O–H groups in total. The molecule has 0 aliphatic carbocycles. The van der Waals surface area contributed by atoms with Crippen molar-refractivity contribution in [2.24, 2.45) is 5.92 Å². The molecule has 2 rings (SSSR count). The van der Waals surface area contributed by atoms with Crippen molar-refractivity contribution >= 4 is 31.8 Å². The Morgan fingerprint density at radius 3 is 2.58 bits per heavy atom. The lowest BCUT2D eigenvalue weighted by Crippen LogP contribution is -2.45. The highest BCUT2D eigenvalue weighted by Gasteiger charge is 2.22. The van der Waals surface area contributed by atoms with Gasteiger partial charge in [0.05, 0.1) is 9.37 Å². The van der Waals surface area contributed by atoms with E-state index in [-0.39, 0.29) is 22.5 Å². The van der Waals surface area contributed by atoms with Crippen molar-refractivity contribution in [1.29, 1.82) is 5.26 Å². The van der Waals surface area contributed by atoms with Crippen molar-refractivity contribution in [3.63, 3.8) is 0 Å². The monoisotopic (exact) mass is 409 g/mol. The summed E-state index contributed by atoms with van der Waals surface area (Å²) in [6, 6.07) is 9.90. The molecule has 9 heteroatoms. The molecule has 0 aliphatic rings. The van der Waals surface area contributed by atoms with Crippen LogP contribution in [0, 0.1) is 17.2 Å². The second kappa shape index (κ2) is 7.70. The molecular formula is C15H16BrN5O2S. The van der Waals surface area contributed by atoms with Crippen LogP contribution in [0.1, 0.15) is 19.7 Å². The van der Waals surface area contributed by atoms with E-state index in [4.69, 9.17) is 5.26 Å². The number of nitriles is 1. The van der Waals surface area contributed by atoms with Gasteiger partial charge < -0.3 is 0 Å². The number of halogens is 1. The van der Waals surface area contributed by atoms with Crippen molar-refractivity contribution in [2.75, 3.05) is 11.6 Å².